The molecule has 0 spiro atoms. The number of carbonyl (C=O) groups is 1. The van der Waals surface area contributed by atoms with Gasteiger partial charge < -0.3 is 9.47 Å². The van der Waals surface area contributed by atoms with Gasteiger partial charge >= 0.3 is 0 Å². The predicted molar refractivity (Wildman–Crippen MR) is 86.8 cm³/mol. The van der Waals surface area contributed by atoms with E-state index in [1.807, 2.05) is 25.1 Å². The fourth-order valence-corrected chi connectivity index (χ4v) is 3.66. The minimum atomic E-state index is -0.556. The van der Waals surface area contributed by atoms with Crippen LogP contribution in [0.4, 0.5) is 0 Å². The smallest absolute Gasteiger partial charge is 0.168 e. The van der Waals surface area contributed by atoms with Crippen molar-refractivity contribution >= 4 is 21.7 Å². The van der Waals surface area contributed by atoms with Crippen LogP contribution in [0.3, 0.4) is 0 Å². The molecule has 21 heavy (non-hydrogen) atoms. The normalized spacial score (nSPS) is 17.5. The van der Waals surface area contributed by atoms with Crippen LogP contribution in [0.15, 0.2) is 22.7 Å². The quantitative estimate of drug-likeness (QED) is 0.763. The van der Waals surface area contributed by atoms with Gasteiger partial charge in [0.05, 0.1) is 11.6 Å². The van der Waals surface area contributed by atoms with Gasteiger partial charge in [0.15, 0.2) is 5.78 Å². The lowest BCUT2D eigenvalue weighted by molar-refractivity contribution is -0.148. The van der Waals surface area contributed by atoms with Crippen molar-refractivity contribution in [2.75, 3.05) is 13.7 Å². The third-order valence-electron chi connectivity index (χ3n) is 4.17. The summed E-state index contributed by atoms with van der Waals surface area (Å²) in [4.78, 5) is 12.8. The Kier molecular flexibility index (Phi) is 5.82. The maximum absolute atomic E-state index is 12.8. The first-order chi connectivity index (χ1) is 10.1. The molecule has 0 bridgehead atoms. The molecule has 1 fully saturated rings. The molecule has 1 aliphatic carbocycles. The zero-order valence-electron chi connectivity index (χ0n) is 12.8. The Labute approximate surface area is 135 Å². The monoisotopic (exact) mass is 354 g/mol. The Morgan fingerprint density at radius 3 is 2.57 bits per heavy atom. The summed E-state index contributed by atoms with van der Waals surface area (Å²) >= 11 is 3.47. The predicted octanol–water partition coefficient (Wildman–Crippen LogP) is 4.31. The zero-order valence-corrected chi connectivity index (χ0v) is 14.4. The van der Waals surface area contributed by atoms with Gasteiger partial charge in [-0.3, -0.25) is 4.79 Å². The van der Waals surface area contributed by atoms with Crippen LogP contribution in [0.2, 0.25) is 0 Å². The van der Waals surface area contributed by atoms with Crippen molar-refractivity contribution in [2.24, 2.45) is 0 Å². The summed E-state index contributed by atoms with van der Waals surface area (Å²) in [6.45, 7) is 2.56. The highest BCUT2D eigenvalue weighted by atomic mass is 79.9. The summed E-state index contributed by atoms with van der Waals surface area (Å²) in [5, 5.41) is 0. The van der Waals surface area contributed by atoms with E-state index < -0.39 is 5.60 Å². The van der Waals surface area contributed by atoms with Crippen LogP contribution in [0.5, 0.6) is 5.75 Å². The average Bonchev–Trinajstić information content (AvgIpc) is 2.48. The maximum atomic E-state index is 12.8. The van der Waals surface area contributed by atoms with E-state index in [9.17, 15) is 4.79 Å². The largest absolute Gasteiger partial charge is 0.496 e. The molecule has 0 heterocycles. The van der Waals surface area contributed by atoms with Gasteiger partial charge in [0.2, 0.25) is 0 Å². The van der Waals surface area contributed by atoms with Crippen molar-refractivity contribution < 1.29 is 14.3 Å². The summed E-state index contributed by atoms with van der Waals surface area (Å²) < 4.78 is 12.0. The second kappa shape index (κ2) is 7.41. The van der Waals surface area contributed by atoms with Gasteiger partial charge in [0.25, 0.3) is 0 Å². The summed E-state index contributed by atoms with van der Waals surface area (Å²) in [5.74, 6) is 0.990. The van der Waals surface area contributed by atoms with Crippen LogP contribution in [-0.2, 0) is 16.0 Å². The molecule has 0 unspecified atom stereocenters. The van der Waals surface area contributed by atoms with E-state index in [4.69, 9.17) is 9.47 Å². The van der Waals surface area contributed by atoms with Gasteiger partial charge in [-0.1, -0.05) is 25.3 Å². The van der Waals surface area contributed by atoms with Crippen LogP contribution in [0.1, 0.15) is 44.6 Å². The SMILES string of the molecule is CCOC1(C(=O)Cc2ccc(OC)c(Br)c2)CCCCC1. The fourth-order valence-electron chi connectivity index (χ4n) is 3.07. The highest BCUT2D eigenvalue weighted by Gasteiger charge is 2.39. The third-order valence-corrected chi connectivity index (χ3v) is 4.79. The number of carbonyl (C=O) groups excluding carboxylic acids is 1. The van der Waals surface area contributed by atoms with Gasteiger partial charge in [-0.05, 0) is 53.4 Å². The van der Waals surface area contributed by atoms with Gasteiger partial charge in [0, 0.05) is 13.0 Å². The molecule has 4 heteroatoms. The van der Waals surface area contributed by atoms with E-state index >= 15 is 0 Å². The van der Waals surface area contributed by atoms with Crippen molar-refractivity contribution in [1.82, 2.24) is 0 Å². The van der Waals surface area contributed by atoms with Crippen molar-refractivity contribution in [3.05, 3.63) is 28.2 Å². The molecule has 1 aromatic rings. The first kappa shape index (κ1) is 16.5. The van der Waals surface area contributed by atoms with Crippen molar-refractivity contribution in [3.63, 3.8) is 0 Å². The Morgan fingerprint density at radius 1 is 1.29 bits per heavy atom. The van der Waals surface area contributed by atoms with E-state index in [0.29, 0.717) is 13.0 Å². The molecule has 1 aliphatic rings. The highest BCUT2D eigenvalue weighted by molar-refractivity contribution is 9.10. The van der Waals surface area contributed by atoms with Crippen molar-refractivity contribution in [3.8, 4) is 5.75 Å². The minimum absolute atomic E-state index is 0.209. The minimum Gasteiger partial charge on any atom is -0.496 e. The maximum Gasteiger partial charge on any atom is 0.168 e. The molecule has 1 saturated carbocycles. The van der Waals surface area contributed by atoms with E-state index in [-0.39, 0.29) is 5.78 Å². The van der Waals surface area contributed by atoms with E-state index in [1.165, 1.54) is 6.42 Å². The number of methoxy groups -OCH3 is 1. The molecular formula is C17H23BrO3. The summed E-state index contributed by atoms with van der Waals surface area (Å²) in [6.07, 6.45) is 5.50. The standard InChI is InChI=1S/C17H23BrO3/c1-3-21-17(9-5-4-6-10-17)16(19)12-13-7-8-15(20-2)14(18)11-13/h7-8,11H,3-6,9-10,12H2,1-2H3. The van der Waals surface area contributed by atoms with Crippen molar-refractivity contribution in [1.29, 1.82) is 0 Å². The van der Waals surface area contributed by atoms with Gasteiger partial charge in [-0.2, -0.15) is 0 Å². The van der Waals surface area contributed by atoms with Crippen LogP contribution in [0, 0.1) is 0 Å². The second-order valence-electron chi connectivity index (χ2n) is 5.56. The Morgan fingerprint density at radius 2 is 2.00 bits per heavy atom. The lowest BCUT2D eigenvalue weighted by Crippen LogP contribution is -2.44. The zero-order chi connectivity index (χ0) is 15.3. The first-order valence-corrected chi connectivity index (χ1v) is 8.40. The van der Waals surface area contributed by atoms with E-state index in [0.717, 1.165) is 41.5 Å². The molecule has 0 amide bonds. The lowest BCUT2D eigenvalue weighted by atomic mass is 9.79. The average molecular weight is 355 g/mol. The number of ketones is 1. The molecule has 0 radical (unpaired) electrons. The molecule has 0 N–H and O–H groups in total. The van der Waals surface area contributed by atoms with Crippen LogP contribution in [0.25, 0.3) is 0 Å². The second-order valence-corrected chi connectivity index (χ2v) is 6.41. The number of benzene rings is 1. The Hall–Kier alpha value is -0.870. The highest BCUT2D eigenvalue weighted by Crippen LogP contribution is 2.34. The molecule has 116 valence electrons. The van der Waals surface area contributed by atoms with Crippen LogP contribution in [-0.4, -0.2) is 25.1 Å². The first-order valence-electron chi connectivity index (χ1n) is 7.61. The molecule has 1 aromatic carbocycles. The van der Waals surface area contributed by atoms with Gasteiger partial charge in [-0.15, -0.1) is 0 Å². The third kappa shape index (κ3) is 3.86. The lowest BCUT2D eigenvalue weighted by Gasteiger charge is -2.35. The number of halogens is 1. The van der Waals surface area contributed by atoms with Crippen LogP contribution >= 0.6 is 15.9 Å². The topological polar surface area (TPSA) is 35.5 Å². The summed E-state index contributed by atoms with van der Waals surface area (Å²) in [7, 11) is 1.64. The molecular weight excluding hydrogens is 332 g/mol. The molecule has 0 aliphatic heterocycles. The van der Waals surface area contributed by atoms with Gasteiger partial charge in [-0.25, -0.2) is 0 Å². The Balaban J connectivity index is 2.13. The molecule has 0 atom stereocenters. The Bertz CT molecular complexity index is 487. The van der Waals surface area contributed by atoms with Gasteiger partial charge in [0.1, 0.15) is 11.4 Å². The number of hydrogen-bond donors (Lipinski definition) is 0. The molecule has 0 saturated heterocycles. The van der Waals surface area contributed by atoms with E-state index in [1.54, 1.807) is 7.11 Å². The van der Waals surface area contributed by atoms with Crippen LogP contribution < -0.4 is 4.74 Å². The molecule has 2 rings (SSSR count). The molecule has 3 nitrogen and oxygen atoms in total. The summed E-state index contributed by atoms with van der Waals surface area (Å²) in [5.41, 5.74) is 0.441. The molecule has 0 aromatic heterocycles. The number of rotatable bonds is 6. The number of Topliss-reactive ketones (excluding diaryl/α,β-unsaturated/α-hetero) is 1. The number of hydrogen-bond acceptors (Lipinski definition) is 3. The summed E-state index contributed by atoms with van der Waals surface area (Å²) in [6, 6.07) is 5.80. The fraction of sp³-hybridized carbons (Fsp3) is 0.588. The van der Waals surface area contributed by atoms with E-state index in [2.05, 4.69) is 15.9 Å². The van der Waals surface area contributed by atoms with Crippen molar-refractivity contribution in [2.45, 2.75) is 51.0 Å². The number of ether oxygens (including phenoxy) is 2.